The van der Waals surface area contributed by atoms with Gasteiger partial charge in [0, 0.05) is 5.41 Å². The predicted octanol–water partition coefficient (Wildman–Crippen LogP) is 5.00. The molecule has 0 aromatic rings. The molecule has 0 radical (unpaired) electrons. The first kappa shape index (κ1) is 26.2. The van der Waals surface area contributed by atoms with Gasteiger partial charge in [-0.15, -0.1) is 5.92 Å². The molecule has 0 unspecified atom stereocenters. The smallest absolute Gasteiger partial charge is 0.231 e. The predicted molar refractivity (Wildman–Crippen MR) is 147 cm³/mol. The first-order chi connectivity index (χ1) is 17.3. The monoisotopic (exact) mass is 507 g/mol. The lowest BCUT2D eigenvalue weighted by atomic mass is 9.54. The van der Waals surface area contributed by atoms with E-state index in [0.29, 0.717) is 23.4 Å². The van der Waals surface area contributed by atoms with Gasteiger partial charge in [-0.3, -0.25) is 5.43 Å². The molecule has 0 aromatic carbocycles. The van der Waals surface area contributed by atoms with E-state index < -0.39 is 5.60 Å². The third-order valence-corrected chi connectivity index (χ3v) is 8.37. The zero-order valence-electron chi connectivity index (χ0n) is 21.3. The molecular weight excluding hydrogens is 470 g/mol. The second-order valence-electron chi connectivity index (χ2n) is 10.2. The average molecular weight is 508 g/mol. The fraction of sp³-hybridized carbons (Fsp3) is 0.517. The van der Waals surface area contributed by atoms with Crippen molar-refractivity contribution in [2.75, 3.05) is 6.79 Å². The molecule has 0 bridgehead atoms. The third-order valence-electron chi connectivity index (χ3n) is 8.28. The Hall–Kier alpha value is -2.82. The van der Waals surface area contributed by atoms with Gasteiger partial charge in [-0.2, -0.15) is 5.10 Å². The first-order valence-corrected chi connectivity index (χ1v) is 13.2. The molecular formula is C29H37N3O3S. The van der Waals surface area contributed by atoms with Crippen molar-refractivity contribution in [2.24, 2.45) is 34.0 Å². The maximum Gasteiger partial charge on any atom is 0.231 e. The lowest BCUT2D eigenvalue weighted by Gasteiger charge is -2.51. The molecule has 4 N–H and O–H groups in total. The highest BCUT2D eigenvalue weighted by molar-refractivity contribution is 7.80. The summed E-state index contributed by atoms with van der Waals surface area (Å²) in [4.78, 5) is 0. The maximum atomic E-state index is 11.7. The van der Waals surface area contributed by atoms with Gasteiger partial charge >= 0.3 is 0 Å². The molecule has 5 atom stereocenters. The minimum atomic E-state index is -0.972. The van der Waals surface area contributed by atoms with E-state index in [0.717, 1.165) is 50.7 Å². The number of nitrogens with zero attached hydrogens (tertiary/aromatic N) is 1. The molecule has 4 aliphatic rings. The number of hydrogen-bond acceptors (Lipinski definition) is 5. The van der Waals surface area contributed by atoms with Crippen molar-refractivity contribution in [1.82, 2.24) is 5.43 Å². The van der Waals surface area contributed by atoms with Crippen LogP contribution in [0.2, 0.25) is 0 Å². The molecule has 0 amide bonds. The van der Waals surface area contributed by atoms with Crippen LogP contribution in [0.4, 0.5) is 0 Å². The van der Waals surface area contributed by atoms with Crippen molar-refractivity contribution < 1.29 is 14.6 Å². The Balaban J connectivity index is 1.70. The van der Waals surface area contributed by atoms with E-state index >= 15 is 0 Å². The number of ether oxygens (including phenoxy) is 2. The van der Waals surface area contributed by atoms with Gasteiger partial charge < -0.3 is 20.3 Å². The van der Waals surface area contributed by atoms with Gasteiger partial charge in [0.25, 0.3) is 0 Å². The summed E-state index contributed by atoms with van der Waals surface area (Å²) in [6.07, 6.45) is 18.7. The summed E-state index contributed by atoms with van der Waals surface area (Å²) in [5.74, 6) is 8.49. The molecule has 36 heavy (non-hydrogen) atoms. The van der Waals surface area contributed by atoms with Crippen LogP contribution in [0.3, 0.4) is 0 Å². The molecule has 0 aromatic heterocycles. The van der Waals surface area contributed by atoms with Crippen LogP contribution in [-0.4, -0.2) is 28.3 Å². The zero-order valence-corrected chi connectivity index (χ0v) is 22.1. The summed E-state index contributed by atoms with van der Waals surface area (Å²) in [6, 6.07) is 0. The van der Waals surface area contributed by atoms with Gasteiger partial charge in [0.2, 0.25) is 6.79 Å². The van der Waals surface area contributed by atoms with Crippen LogP contribution >= 0.6 is 12.2 Å². The van der Waals surface area contributed by atoms with Crippen LogP contribution in [0.1, 0.15) is 58.8 Å². The molecule has 0 spiro atoms. The maximum absolute atomic E-state index is 11.7. The second kappa shape index (κ2) is 11.1. The summed E-state index contributed by atoms with van der Waals surface area (Å²) in [5, 5.41) is 16.3. The number of allylic oxidation sites excluding steroid dienone is 7. The van der Waals surface area contributed by atoms with E-state index in [2.05, 4.69) is 60.2 Å². The van der Waals surface area contributed by atoms with E-state index in [-0.39, 0.29) is 23.2 Å². The summed E-state index contributed by atoms with van der Waals surface area (Å²) >= 11 is 4.90. The molecule has 3 aliphatic carbocycles. The quantitative estimate of drug-likeness (QED) is 0.215. The van der Waals surface area contributed by atoms with E-state index in [1.165, 1.54) is 5.57 Å². The topological polar surface area (TPSA) is 89.1 Å². The molecule has 0 saturated heterocycles. The summed E-state index contributed by atoms with van der Waals surface area (Å²) in [7, 11) is 0. The van der Waals surface area contributed by atoms with Crippen LogP contribution in [-0.2, 0) is 9.47 Å². The summed E-state index contributed by atoms with van der Waals surface area (Å²) in [6.45, 7) is 8.10. The van der Waals surface area contributed by atoms with E-state index in [1.807, 2.05) is 13.0 Å². The number of nitrogens with one attached hydrogen (secondary N) is 1. The van der Waals surface area contributed by atoms with Crippen LogP contribution in [0, 0.1) is 35.0 Å². The highest BCUT2D eigenvalue weighted by atomic mass is 32.1. The normalized spacial score (nSPS) is 37.5. The summed E-state index contributed by atoms with van der Waals surface area (Å²) in [5.41, 5.74) is 9.38. The molecule has 1 heterocycles. The number of aliphatic hydroxyl groups is 1. The van der Waals surface area contributed by atoms with Gasteiger partial charge in [-0.05, 0) is 100 Å². The minimum Gasteiger partial charge on any atom is -0.454 e. The minimum absolute atomic E-state index is 0.154. The highest BCUT2D eigenvalue weighted by Crippen LogP contribution is 2.63. The van der Waals surface area contributed by atoms with Crippen molar-refractivity contribution >= 4 is 23.0 Å². The molecule has 1 aliphatic heterocycles. The summed E-state index contributed by atoms with van der Waals surface area (Å²) < 4.78 is 11.2. The van der Waals surface area contributed by atoms with Gasteiger partial charge in [0.15, 0.2) is 16.6 Å². The Bertz CT molecular complexity index is 1110. The van der Waals surface area contributed by atoms with E-state index in [1.54, 1.807) is 6.08 Å². The Kier molecular flexibility index (Phi) is 8.07. The van der Waals surface area contributed by atoms with Crippen molar-refractivity contribution in [2.45, 2.75) is 64.4 Å². The number of hydrogen-bond donors (Lipinski definition) is 3. The van der Waals surface area contributed by atoms with Gasteiger partial charge in [-0.1, -0.05) is 43.2 Å². The lowest BCUT2D eigenvalue weighted by Crippen LogP contribution is -2.50. The first-order valence-electron chi connectivity index (χ1n) is 12.8. The standard InChI is InChI=1S/C29H37N3O3S/c1-4-16-29(33)17-15-24-23-11-7-6-9-21(31-32-27(30)36)10-8-12-22(23)20(18-28(24,29)3)13-14-26-25(5-2)34-19-35-26/h5-6,9,12-14,20,23-24,33H,2,7-8,10-11,15,17-19H2,1,3H3,(H3,30,32,36)/b9-6+,14-13+,22-12+,31-21-/t20-,23+,24-,28-,29-/m0/s1. The van der Waals surface area contributed by atoms with Crippen LogP contribution in [0.5, 0.6) is 0 Å². The largest absolute Gasteiger partial charge is 0.454 e. The number of nitrogens with two attached hydrogens (primary N) is 1. The van der Waals surface area contributed by atoms with Crippen molar-refractivity contribution in [3.05, 3.63) is 60.1 Å². The van der Waals surface area contributed by atoms with Gasteiger partial charge in [0.05, 0.1) is 5.71 Å². The number of thiocarbonyl (C=S) groups is 1. The SMILES string of the molecule is C=CC1=C(/C=C/[C@H]2C[C@@]3(C)[C@@H](CC[C@@]3(O)C#CC)[C@@H]3CC/C=C/C(=N/NC(N)=S)CC/C=C/32)OCO1. The molecule has 2 fully saturated rings. The number of fused-ring (bicyclic) bond motifs is 3. The Morgan fingerprint density at radius 3 is 2.89 bits per heavy atom. The van der Waals surface area contributed by atoms with E-state index in [4.69, 9.17) is 27.4 Å². The van der Waals surface area contributed by atoms with Gasteiger partial charge in [0.1, 0.15) is 5.60 Å². The zero-order chi connectivity index (χ0) is 25.8. The van der Waals surface area contributed by atoms with Crippen molar-refractivity contribution in [1.29, 1.82) is 0 Å². The molecule has 2 saturated carbocycles. The number of hydrazone groups is 1. The lowest BCUT2D eigenvalue weighted by molar-refractivity contribution is -0.0533. The van der Waals surface area contributed by atoms with Crippen LogP contribution < -0.4 is 11.2 Å². The average Bonchev–Trinajstić information content (AvgIpc) is 3.41. The molecule has 6 nitrogen and oxygen atoms in total. The van der Waals surface area contributed by atoms with Gasteiger partial charge in [-0.25, -0.2) is 0 Å². The fourth-order valence-corrected chi connectivity index (χ4v) is 6.61. The van der Waals surface area contributed by atoms with Crippen molar-refractivity contribution in [3.8, 4) is 11.8 Å². The third kappa shape index (κ3) is 5.16. The van der Waals surface area contributed by atoms with Crippen LogP contribution in [0.25, 0.3) is 0 Å². The Labute approximate surface area is 220 Å². The van der Waals surface area contributed by atoms with E-state index in [9.17, 15) is 5.11 Å². The molecule has 4 rings (SSSR count). The fourth-order valence-electron chi connectivity index (χ4n) is 6.56. The molecule has 192 valence electrons. The Morgan fingerprint density at radius 1 is 1.33 bits per heavy atom. The number of rotatable bonds is 4. The molecule has 7 heteroatoms. The second-order valence-corrected chi connectivity index (χ2v) is 10.7. The van der Waals surface area contributed by atoms with Crippen LogP contribution in [0.15, 0.2) is 65.2 Å². The van der Waals surface area contributed by atoms with Crippen molar-refractivity contribution in [3.63, 3.8) is 0 Å². The highest BCUT2D eigenvalue weighted by Gasteiger charge is 2.61. The Morgan fingerprint density at radius 2 is 2.14 bits per heavy atom.